The number of nitrogens with two attached hydrogens (primary N) is 1. The largest absolute Gasteiger partial charge is 0.326 e. The molecule has 2 N–H and O–H groups in total. The third-order valence-electron chi connectivity index (χ3n) is 3.42. The molecule has 1 aromatic carbocycles. The zero-order chi connectivity index (χ0) is 13.3. The Labute approximate surface area is 109 Å². The molecular weight excluding hydrogens is 220 g/mol. The molecule has 0 saturated heterocycles. The molecular formula is C16H22N2. The molecule has 0 unspecified atom stereocenters. The van der Waals surface area contributed by atoms with E-state index >= 15 is 0 Å². The molecule has 2 rings (SSSR count). The lowest BCUT2D eigenvalue weighted by atomic mass is 9.97. The third-order valence-corrected chi connectivity index (χ3v) is 3.42. The molecule has 0 atom stereocenters. The van der Waals surface area contributed by atoms with Gasteiger partial charge in [0.25, 0.3) is 0 Å². The van der Waals surface area contributed by atoms with Crippen LogP contribution >= 0.6 is 0 Å². The third kappa shape index (κ3) is 2.39. The quantitative estimate of drug-likeness (QED) is 0.885. The predicted octanol–water partition coefficient (Wildman–Crippen LogP) is 3.94. The topological polar surface area (TPSA) is 38.9 Å². The van der Waals surface area contributed by atoms with E-state index in [0.29, 0.717) is 18.4 Å². The zero-order valence-electron chi connectivity index (χ0n) is 11.7. The maximum atomic E-state index is 5.88. The van der Waals surface area contributed by atoms with E-state index in [9.17, 15) is 0 Å². The minimum Gasteiger partial charge on any atom is -0.326 e. The van der Waals surface area contributed by atoms with Crippen LogP contribution in [0, 0.1) is 0 Å². The van der Waals surface area contributed by atoms with E-state index in [2.05, 4.69) is 52.0 Å². The van der Waals surface area contributed by atoms with Crippen LogP contribution in [-0.2, 0) is 6.54 Å². The second-order valence-electron chi connectivity index (χ2n) is 5.50. The summed E-state index contributed by atoms with van der Waals surface area (Å²) in [7, 11) is 0. The molecule has 0 amide bonds. The van der Waals surface area contributed by atoms with Crippen LogP contribution in [0.25, 0.3) is 10.9 Å². The Bertz CT molecular complexity index is 556. The summed E-state index contributed by atoms with van der Waals surface area (Å²) < 4.78 is 0. The Kier molecular flexibility index (Phi) is 3.67. The van der Waals surface area contributed by atoms with E-state index in [-0.39, 0.29) is 0 Å². The number of nitrogens with zero attached hydrogens (tertiary/aromatic N) is 1. The van der Waals surface area contributed by atoms with Gasteiger partial charge < -0.3 is 5.73 Å². The molecule has 0 saturated carbocycles. The highest BCUT2D eigenvalue weighted by Crippen LogP contribution is 2.25. The van der Waals surface area contributed by atoms with Crippen molar-refractivity contribution in [2.45, 2.75) is 46.1 Å². The fraction of sp³-hybridized carbons (Fsp3) is 0.438. The lowest BCUT2D eigenvalue weighted by Crippen LogP contribution is -2.03. The average Bonchev–Trinajstić information content (AvgIpc) is 2.36. The van der Waals surface area contributed by atoms with Gasteiger partial charge >= 0.3 is 0 Å². The Hall–Kier alpha value is -1.41. The number of hydrogen-bond donors (Lipinski definition) is 1. The van der Waals surface area contributed by atoms with Crippen LogP contribution in [0.15, 0.2) is 24.3 Å². The molecule has 0 fully saturated rings. The molecule has 2 nitrogen and oxygen atoms in total. The van der Waals surface area contributed by atoms with Gasteiger partial charge in [-0.15, -0.1) is 0 Å². The van der Waals surface area contributed by atoms with Gasteiger partial charge in [0.2, 0.25) is 0 Å². The first-order chi connectivity index (χ1) is 8.52. The minimum absolute atomic E-state index is 0.435. The molecule has 0 aliphatic heterocycles. The molecule has 0 bridgehead atoms. The molecule has 18 heavy (non-hydrogen) atoms. The van der Waals surface area contributed by atoms with Crippen LogP contribution in [0.3, 0.4) is 0 Å². The predicted molar refractivity (Wildman–Crippen MR) is 77.8 cm³/mol. The second kappa shape index (κ2) is 5.07. The van der Waals surface area contributed by atoms with Crippen molar-refractivity contribution < 1.29 is 0 Å². The maximum Gasteiger partial charge on any atom is 0.0708 e. The molecule has 0 radical (unpaired) electrons. The Morgan fingerprint density at radius 1 is 1.06 bits per heavy atom. The van der Waals surface area contributed by atoms with Crippen molar-refractivity contribution in [3.05, 3.63) is 41.1 Å². The van der Waals surface area contributed by atoms with Crippen LogP contribution in [0.5, 0.6) is 0 Å². The zero-order valence-corrected chi connectivity index (χ0v) is 11.7. The van der Waals surface area contributed by atoms with Crippen molar-refractivity contribution in [1.29, 1.82) is 0 Å². The van der Waals surface area contributed by atoms with Crippen molar-refractivity contribution in [3.8, 4) is 0 Å². The highest BCUT2D eigenvalue weighted by molar-refractivity contribution is 5.83. The van der Waals surface area contributed by atoms with Crippen LogP contribution in [0.2, 0.25) is 0 Å². The van der Waals surface area contributed by atoms with E-state index < -0.39 is 0 Å². The van der Waals surface area contributed by atoms with Gasteiger partial charge in [0.15, 0.2) is 0 Å². The van der Waals surface area contributed by atoms with E-state index in [1.54, 1.807) is 0 Å². The van der Waals surface area contributed by atoms with Gasteiger partial charge in [0, 0.05) is 17.6 Å². The van der Waals surface area contributed by atoms with Crippen molar-refractivity contribution in [3.63, 3.8) is 0 Å². The van der Waals surface area contributed by atoms with Gasteiger partial charge in [-0.25, -0.2) is 0 Å². The Morgan fingerprint density at radius 2 is 1.78 bits per heavy atom. The van der Waals surface area contributed by atoms with E-state index in [4.69, 9.17) is 10.7 Å². The van der Waals surface area contributed by atoms with Crippen molar-refractivity contribution in [2.75, 3.05) is 0 Å². The molecule has 0 aliphatic rings. The van der Waals surface area contributed by atoms with Crippen LogP contribution in [0.1, 0.15) is 56.4 Å². The van der Waals surface area contributed by atoms with Gasteiger partial charge in [-0.3, -0.25) is 4.98 Å². The lowest BCUT2D eigenvalue weighted by molar-refractivity contribution is 0.824. The van der Waals surface area contributed by atoms with Gasteiger partial charge in [-0.1, -0.05) is 33.8 Å². The lowest BCUT2D eigenvalue weighted by Gasteiger charge is -2.13. The molecule has 0 spiro atoms. The van der Waals surface area contributed by atoms with Gasteiger partial charge in [-0.2, -0.15) is 0 Å². The summed E-state index contributed by atoms with van der Waals surface area (Å²) in [6.07, 6.45) is 0. The normalized spacial score (nSPS) is 11.7. The standard InChI is InChI=1S/C16H22N2/c1-10(2)12-5-6-15-14(7-12)13(9-17)8-16(18-15)11(3)4/h5-8,10-11H,9,17H2,1-4H3. The Morgan fingerprint density at radius 3 is 2.33 bits per heavy atom. The highest BCUT2D eigenvalue weighted by atomic mass is 14.7. The summed E-state index contributed by atoms with van der Waals surface area (Å²) in [4.78, 5) is 4.73. The molecule has 2 aromatic rings. The van der Waals surface area contributed by atoms with Crippen molar-refractivity contribution >= 4 is 10.9 Å². The number of aromatic nitrogens is 1. The van der Waals surface area contributed by atoms with Crippen molar-refractivity contribution in [2.24, 2.45) is 5.73 Å². The SMILES string of the molecule is CC(C)c1ccc2nc(C(C)C)cc(CN)c2c1. The minimum atomic E-state index is 0.435. The number of rotatable bonds is 3. The summed E-state index contributed by atoms with van der Waals surface area (Å²) >= 11 is 0. The maximum absolute atomic E-state index is 5.88. The number of fused-ring (bicyclic) bond motifs is 1. The van der Waals surface area contributed by atoms with Gasteiger partial charge in [0.05, 0.1) is 5.52 Å². The van der Waals surface area contributed by atoms with E-state index in [1.165, 1.54) is 16.5 Å². The molecule has 1 aromatic heterocycles. The summed E-state index contributed by atoms with van der Waals surface area (Å²) in [5.41, 5.74) is 10.6. The summed E-state index contributed by atoms with van der Waals surface area (Å²) in [6, 6.07) is 8.68. The first-order valence-corrected chi connectivity index (χ1v) is 6.66. The fourth-order valence-corrected chi connectivity index (χ4v) is 2.16. The van der Waals surface area contributed by atoms with E-state index in [1.807, 2.05) is 0 Å². The van der Waals surface area contributed by atoms with Crippen LogP contribution < -0.4 is 5.73 Å². The van der Waals surface area contributed by atoms with Crippen LogP contribution in [0.4, 0.5) is 0 Å². The molecule has 2 heteroatoms. The smallest absolute Gasteiger partial charge is 0.0708 e. The first-order valence-electron chi connectivity index (χ1n) is 6.66. The average molecular weight is 242 g/mol. The number of benzene rings is 1. The molecule has 0 aliphatic carbocycles. The van der Waals surface area contributed by atoms with Crippen LogP contribution in [-0.4, -0.2) is 4.98 Å². The van der Waals surface area contributed by atoms with Gasteiger partial charge in [0.1, 0.15) is 0 Å². The summed E-state index contributed by atoms with van der Waals surface area (Å²) in [5, 5.41) is 1.20. The molecule has 96 valence electrons. The van der Waals surface area contributed by atoms with Gasteiger partial charge in [-0.05, 0) is 41.2 Å². The highest BCUT2D eigenvalue weighted by Gasteiger charge is 2.09. The summed E-state index contributed by atoms with van der Waals surface area (Å²) in [6.45, 7) is 9.31. The second-order valence-corrected chi connectivity index (χ2v) is 5.50. The Balaban J connectivity index is 2.67. The summed E-state index contributed by atoms with van der Waals surface area (Å²) in [5.74, 6) is 0.967. The molecule has 1 heterocycles. The van der Waals surface area contributed by atoms with Crippen molar-refractivity contribution in [1.82, 2.24) is 4.98 Å². The van der Waals surface area contributed by atoms with E-state index in [0.717, 1.165) is 11.2 Å². The fourth-order valence-electron chi connectivity index (χ4n) is 2.16. The number of hydrogen-bond acceptors (Lipinski definition) is 2. The first kappa shape index (κ1) is 13.0. The monoisotopic (exact) mass is 242 g/mol. The number of pyridine rings is 1.